The minimum Gasteiger partial charge on any atom is -0.497 e. The van der Waals surface area contributed by atoms with Crippen molar-refractivity contribution in [3.8, 4) is 5.75 Å². The summed E-state index contributed by atoms with van der Waals surface area (Å²) in [6.07, 6.45) is 0.718. The maximum absolute atomic E-state index is 13.0. The smallest absolute Gasteiger partial charge is 0.338 e. The number of ether oxygens (including phenoxy) is 2. The molecule has 1 atom stereocenters. The predicted octanol–water partition coefficient (Wildman–Crippen LogP) is 5.48. The molecule has 0 aromatic heterocycles. The van der Waals surface area contributed by atoms with Gasteiger partial charge in [0.2, 0.25) is 5.91 Å². The fourth-order valence-electron chi connectivity index (χ4n) is 4.41. The number of benzene rings is 2. The number of esters is 1. The lowest BCUT2D eigenvalue weighted by atomic mass is 9.89. The third-order valence-corrected chi connectivity index (χ3v) is 6.93. The number of fused-ring (bicyclic) bond motifs is 1. The second kappa shape index (κ2) is 10.4. The third kappa shape index (κ3) is 4.98. The van der Waals surface area contributed by atoms with Crippen LogP contribution in [0.1, 0.15) is 42.5 Å². The number of carbonyl (C=O) groups excluding carboxylic acids is 2. The summed E-state index contributed by atoms with van der Waals surface area (Å²) in [5.41, 5.74) is 5.82. The van der Waals surface area contributed by atoms with Crippen LogP contribution in [0.2, 0.25) is 0 Å². The lowest BCUT2D eigenvalue weighted by Crippen LogP contribution is -2.38. The van der Waals surface area contributed by atoms with E-state index < -0.39 is 12.0 Å². The highest BCUT2D eigenvalue weighted by atomic mass is 32.2. The normalized spacial score (nSPS) is 16.9. The van der Waals surface area contributed by atoms with Crippen molar-refractivity contribution in [2.45, 2.75) is 39.7 Å². The van der Waals surface area contributed by atoms with Crippen LogP contribution in [0.25, 0.3) is 0 Å². The molecule has 0 saturated heterocycles. The molecule has 4 rings (SSSR count). The predicted molar refractivity (Wildman–Crippen MR) is 139 cm³/mol. The van der Waals surface area contributed by atoms with E-state index in [9.17, 15) is 9.59 Å². The molecule has 2 aromatic rings. The standard InChI is InChI=1S/C27H29N3O4S/c1-6-22-24(26(32)34-5)25(21-11-10-16(2)12-17(21)3)30-19(15-35-27(30)29-22)14-23(31)28-18-8-7-9-20(13-18)33-4/h7-13,15,25H,6,14H2,1-5H3,(H,28,31). The zero-order valence-corrected chi connectivity index (χ0v) is 21.4. The third-order valence-electron chi connectivity index (χ3n) is 6.04. The molecule has 0 fully saturated rings. The monoisotopic (exact) mass is 491 g/mol. The quantitative estimate of drug-likeness (QED) is 0.517. The molecule has 0 radical (unpaired) electrons. The summed E-state index contributed by atoms with van der Waals surface area (Å²) in [4.78, 5) is 32.8. The Morgan fingerprint density at radius 3 is 2.63 bits per heavy atom. The topological polar surface area (TPSA) is 80.2 Å². The van der Waals surface area contributed by atoms with Gasteiger partial charge in [0.15, 0.2) is 5.17 Å². The summed E-state index contributed by atoms with van der Waals surface area (Å²) in [5, 5.41) is 5.63. The summed E-state index contributed by atoms with van der Waals surface area (Å²) in [6.45, 7) is 6.06. The molecule has 2 heterocycles. The Kier molecular flexibility index (Phi) is 7.31. The van der Waals surface area contributed by atoms with Crippen LogP contribution < -0.4 is 10.1 Å². The number of anilines is 1. The highest BCUT2D eigenvalue weighted by Gasteiger charge is 2.42. The molecule has 0 bridgehead atoms. The Morgan fingerprint density at radius 2 is 1.94 bits per heavy atom. The van der Waals surface area contributed by atoms with Crippen LogP contribution in [0, 0.1) is 13.8 Å². The molecule has 1 amide bonds. The number of amides is 1. The number of allylic oxidation sites excluding steroid dienone is 1. The Morgan fingerprint density at radius 1 is 1.14 bits per heavy atom. The van der Waals surface area contributed by atoms with Gasteiger partial charge in [-0.1, -0.05) is 48.5 Å². The summed E-state index contributed by atoms with van der Waals surface area (Å²) < 4.78 is 10.4. The first-order chi connectivity index (χ1) is 16.9. The van der Waals surface area contributed by atoms with E-state index >= 15 is 0 Å². The maximum Gasteiger partial charge on any atom is 0.338 e. The number of nitrogens with one attached hydrogen (secondary N) is 1. The van der Waals surface area contributed by atoms with E-state index in [-0.39, 0.29) is 12.3 Å². The Bertz CT molecular complexity index is 1260. The van der Waals surface area contributed by atoms with E-state index in [1.165, 1.54) is 18.9 Å². The molecule has 2 aromatic carbocycles. The molecule has 35 heavy (non-hydrogen) atoms. The first-order valence-electron chi connectivity index (χ1n) is 11.4. The van der Waals surface area contributed by atoms with Gasteiger partial charge in [-0.25, -0.2) is 9.79 Å². The van der Waals surface area contributed by atoms with E-state index in [0.29, 0.717) is 29.1 Å². The molecule has 0 aliphatic carbocycles. The van der Waals surface area contributed by atoms with Gasteiger partial charge in [-0.15, -0.1) is 0 Å². The van der Waals surface area contributed by atoms with Crippen molar-refractivity contribution in [3.05, 3.63) is 81.5 Å². The minimum absolute atomic E-state index is 0.126. The van der Waals surface area contributed by atoms with Gasteiger partial charge in [0, 0.05) is 17.5 Å². The summed E-state index contributed by atoms with van der Waals surface area (Å²) in [7, 11) is 2.97. The fraction of sp³-hybridized carbons (Fsp3) is 0.296. The van der Waals surface area contributed by atoms with Gasteiger partial charge < -0.3 is 19.7 Å². The van der Waals surface area contributed by atoms with E-state index in [4.69, 9.17) is 14.5 Å². The minimum atomic E-state index is -0.434. The Labute approximate surface area is 209 Å². The van der Waals surface area contributed by atoms with Crippen LogP contribution in [-0.2, 0) is 14.3 Å². The van der Waals surface area contributed by atoms with Gasteiger partial charge in [-0.05, 0) is 48.9 Å². The molecule has 7 nitrogen and oxygen atoms in total. The highest BCUT2D eigenvalue weighted by molar-refractivity contribution is 8.16. The molecule has 1 N–H and O–H groups in total. The number of aryl methyl sites for hydroxylation is 2. The van der Waals surface area contributed by atoms with Gasteiger partial charge in [-0.3, -0.25) is 4.79 Å². The second-order valence-electron chi connectivity index (χ2n) is 8.42. The van der Waals surface area contributed by atoms with E-state index in [1.54, 1.807) is 13.2 Å². The van der Waals surface area contributed by atoms with Crippen LogP contribution in [0.3, 0.4) is 0 Å². The fourth-order valence-corrected chi connectivity index (χ4v) is 5.35. The van der Waals surface area contributed by atoms with Gasteiger partial charge in [0.05, 0.1) is 38.0 Å². The van der Waals surface area contributed by atoms with Crippen molar-refractivity contribution in [1.82, 2.24) is 4.90 Å². The van der Waals surface area contributed by atoms with E-state index in [2.05, 4.69) is 11.4 Å². The van der Waals surface area contributed by atoms with Crippen molar-refractivity contribution >= 4 is 34.5 Å². The molecular weight excluding hydrogens is 462 g/mol. The molecule has 0 saturated carbocycles. The molecule has 2 aliphatic heterocycles. The number of nitrogens with zero attached hydrogens (tertiary/aromatic N) is 2. The summed E-state index contributed by atoms with van der Waals surface area (Å²) in [5.74, 6) is 0.0843. The molecule has 1 unspecified atom stereocenters. The average Bonchev–Trinajstić information content (AvgIpc) is 3.24. The number of hydrogen-bond donors (Lipinski definition) is 1. The van der Waals surface area contributed by atoms with Crippen molar-refractivity contribution in [3.63, 3.8) is 0 Å². The molecule has 0 spiro atoms. The second-order valence-corrected chi connectivity index (χ2v) is 9.25. The molecule has 182 valence electrons. The van der Waals surface area contributed by atoms with Crippen LogP contribution in [-0.4, -0.2) is 36.2 Å². The maximum atomic E-state index is 13.0. The van der Waals surface area contributed by atoms with E-state index in [1.807, 2.05) is 61.4 Å². The van der Waals surface area contributed by atoms with Gasteiger partial charge >= 0.3 is 5.97 Å². The van der Waals surface area contributed by atoms with Crippen molar-refractivity contribution in [2.24, 2.45) is 4.99 Å². The first kappa shape index (κ1) is 24.6. The van der Waals surface area contributed by atoms with Gasteiger partial charge in [0.1, 0.15) is 5.75 Å². The average molecular weight is 492 g/mol. The van der Waals surface area contributed by atoms with Crippen LogP contribution in [0.15, 0.2) is 69.8 Å². The number of thioether (sulfide) groups is 1. The molecule has 2 aliphatic rings. The van der Waals surface area contributed by atoms with E-state index in [0.717, 1.165) is 27.6 Å². The Hall–Kier alpha value is -3.52. The summed E-state index contributed by atoms with van der Waals surface area (Å²) >= 11 is 1.46. The Balaban J connectivity index is 1.70. The molecule has 8 heteroatoms. The van der Waals surface area contributed by atoms with Gasteiger partial charge in [-0.2, -0.15) is 0 Å². The lowest BCUT2D eigenvalue weighted by Gasteiger charge is -2.37. The lowest BCUT2D eigenvalue weighted by molar-refractivity contribution is -0.136. The SMILES string of the molecule is CCC1=C(C(=O)OC)C(c2ccc(C)cc2C)N2C(CC(=O)Nc3cccc(OC)c3)=CSC2=N1. The van der Waals surface area contributed by atoms with Crippen LogP contribution in [0.4, 0.5) is 5.69 Å². The van der Waals surface area contributed by atoms with Crippen molar-refractivity contribution in [1.29, 1.82) is 0 Å². The zero-order chi connectivity index (χ0) is 25.1. The van der Waals surface area contributed by atoms with Crippen molar-refractivity contribution in [2.75, 3.05) is 19.5 Å². The number of methoxy groups -OCH3 is 2. The van der Waals surface area contributed by atoms with Crippen LogP contribution >= 0.6 is 11.8 Å². The number of carbonyl (C=O) groups is 2. The zero-order valence-electron chi connectivity index (χ0n) is 20.5. The number of aliphatic imine (C=N–C) groups is 1. The van der Waals surface area contributed by atoms with Crippen LogP contribution in [0.5, 0.6) is 5.75 Å². The number of amidine groups is 1. The largest absolute Gasteiger partial charge is 0.497 e. The number of hydrogen-bond acceptors (Lipinski definition) is 7. The summed E-state index contributed by atoms with van der Waals surface area (Å²) in [6, 6.07) is 13.0. The van der Waals surface area contributed by atoms with Gasteiger partial charge in [0.25, 0.3) is 0 Å². The number of rotatable bonds is 7. The van der Waals surface area contributed by atoms with Crippen molar-refractivity contribution < 1.29 is 19.1 Å². The molecular formula is C27H29N3O4S. The first-order valence-corrected chi connectivity index (χ1v) is 12.3. The highest BCUT2D eigenvalue weighted by Crippen LogP contribution is 2.46.